The Labute approximate surface area is 164 Å². The Hall–Kier alpha value is -1.34. The second kappa shape index (κ2) is 9.39. The van der Waals surface area contributed by atoms with Gasteiger partial charge in [-0.3, -0.25) is 0 Å². The predicted octanol–water partition coefficient (Wildman–Crippen LogP) is 4.67. The first-order chi connectivity index (χ1) is 12.0. The molecule has 0 aliphatic heterocycles. The van der Waals surface area contributed by atoms with Gasteiger partial charge < -0.3 is 0 Å². The molecule has 5 heteroatoms. The summed E-state index contributed by atoms with van der Waals surface area (Å²) < 4.78 is 5.36. The van der Waals surface area contributed by atoms with Gasteiger partial charge in [0.25, 0.3) is 0 Å². The summed E-state index contributed by atoms with van der Waals surface area (Å²) in [6.45, 7) is 8.38. The van der Waals surface area contributed by atoms with Crippen LogP contribution in [0, 0.1) is 0 Å². The monoisotopic (exact) mass is 450 g/mol. The van der Waals surface area contributed by atoms with E-state index in [0.717, 1.165) is 34.9 Å². The van der Waals surface area contributed by atoms with Crippen molar-refractivity contribution in [3.63, 3.8) is 0 Å². The van der Waals surface area contributed by atoms with E-state index in [0.29, 0.717) is 6.42 Å². The van der Waals surface area contributed by atoms with E-state index in [-0.39, 0.29) is 17.6 Å². The van der Waals surface area contributed by atoms with E-state index >= 15 is 0 Å². The molecule has 0 bridgehead atoms. The third kappa shape index (κ3) is 5.08. The summed E-state index contributed by atoms with van der Waals surface area (Å²) in [5.74, 6) is -0.203. The summed E-state index contributed by atoms with van der Waals surface area (Å²) >= 11 is 1.89. The topological polar surface area (TPSA) is 49.7 Å². The Kier molecular flexibility index (Phi) is 7.50. The van der Waals surface area contributed by atoms with Gasteiger partial charge in [0.15, 0.2) is 0 Å². The molecular weight excluding hydrogens is 426 g/mol. The van der Waals surface area contributed by atoms with Gasteiger partial charge in [-0.2, -0.15) is 0 Å². The van der Waals surface area contributed by atoms with Crippen LogP contribution < -0.4 is 0 Å². The first-order valence-corrected chi connectivity index (χ1v) is 9.50. The third-order valence-electron chi connectivity index (χ3n) is 4.23. The van der Waals surface area contributed by atoms with Crippen LogP contribution in [0.25, 0.3) is 0 Å². The molecule has 2 N–H and O–H groups in total. The molecule has 25 heavy (non-hydrogen) atoms. The minimum absolute atomic E-state index is 0.00800. The van der Waals surface area contributed by atoms with Crippen molar-refractivity contribution in [1.82, 2.24) is 0 Å². The first-order valence-electron chi connectivity index (χ1n) is 8.62. The Bertz CT molecular complexity index is 741. The van der Waals surface area contributed by atoms with E-state index in [4.69, 9.17) is 3.07 Å². The van der Waals surface area contributed by atoms with Crippen LogP contribution in [0.3, 0.4) is 0 Å². The average Bonchev–Trinajstić information content (AvgIpc) is 2.63. The van der Waals surface area contributed by atoms with E-state index < -0.39 is 0 Å². The predicted molar refractivity (Wildman–Crippen MR) is 113 cm³/mol. The molecule has 0 spiro atoms. The van der Waals surface area contributed by atoms with Crippen LogP contribution >= 0.6 is 23.0 Å². The molecule has 2 rings (SSSR count). The van der Waals surface area contributed by atoms with E-state index in [1.54, 1.807) is 12.1 Å². The van der Waals surface area contributed by atoms with Crippen LogP contribution in [-0.2, 0) is 15.9 Å². The Morgan fingerprint density at radius 2 is 1.76 bits per heavy atom. The van der Waals surface area contributed by atoms with Gasteiger partial charge in [0, 0.05) is 0 Å². The summed E-state index contributed by atoms with van der Waals surface area (Å²) in [7, 11) is 0. The van der Waals surface area contributed by atoms with Gasteiger partial charge in [-0.25, -0.2) is 0 Å². The molecule has 0 saturated heterocycles. The second-order valence-corrected chi connectivity index (χ2v) is 6.69. The molecular formula is C20H24BIO3. The number of halogens is 1. The number of rotatable bonds is 7. The summed E-state index contributed by atoms with van der Waals surface area (Å²) in [5, 5.41) is 20.0. The molecule has 1 atom stereocenters. The van der Waals surface area contributed by atoms with Gasteiger partial charge in [0.05, 0.1) is 0 Å². The molecule has 0 radical (unpaired) electrons. The second-order valence-electron chi connectivity index (χ2n) is 6.18. The molecule has 0 aliphatic rings. The first kappa shape index (κ1) is 20.0. The Balaban J connectivity index is 2.56. The number of aryl methyl sites for hydroxylation is 1. The van der Waals surface area contributed by atoms with Crippen molar-refractivity contribution < 1.29 is 13.3 Å². The van der Waals surface area contributed by atoms with Crippen LogP contribution in [0.5, 0.6) is 11.5 Å². The number of phenols is 2. The third-order valence-corrected chi connectivity index (χ3v) is 5.10. The molecule has 2 aromatic rings. The molecule has 0 aliphatic carbocycles. The SMILES string of the molecule is CCB=C(c1ccc(CC)cc1)c1cc(O)c(O)cc1CC(C)OI. The van der Waals surface area contributed by atoms with Gasteiger partial charge in [-0.1, -0.05) is 0 Å². The summed E-state index contributed by atoms with van der Waals surface area (Å²) in [6, 6.07) is 11.8. The number of phenolic OH excluding ortho intramolecular Hbond substituents is 2. The fraction of sp³-hybridized carbons (Fsp3) is 0.350. The molecule has 2 aromatic carbocycles. The van der Waals surface area contributed by atoms with Gasteiger partial charge in [-0.05, 0) is 0 Å². The van der Waals surface area contributed by atoms with Gasteiger partial charge >= 0.3 is 165 Å². The standard InChI is InChI=1S/C20H24BIO3/c1-4-14-6-8-15(9-7-14)20(21-5-2)17-12-19(24)18(23)11-16(17)10-13(3)25-22/h6-9,11-13,23-24H,4-5,10H2,1-3H3. The fourth-order valence-corrected chi connectivity index (χ4v) is 3.07. The van der Waals surface area contributed by atoms with E-state index in [1.807, 2.05) is 29.9 Å². The average molecular weight is 450 g/mol. The molecule has 0 saturated carbocycles. The van der Waals surface area contributed by atoms with Crippen LogP contribution in [-0.4, -0.2) is 28.7 Å². The van der Waals surface area contributed by atoms with Crippen molar-refractivity contribution in [3.8, 4) is 11.5 Å². The van der Waals surface area contributed by atoms with E-state index in [1.165, 1.54) is 5.56 Å². The molecule has 3 nitrogen and oxygen atoms in total. The zero-order valence-corrected chi connectivity index (χ0v) is 17.1. The zero-order chi connectivity index (χ0) is 18.4. The van der Waals surface area contributed by atoms with E-state index in [9.17, 15) is 10.2 Å². The summed E-state index contributed by atoms with van der Waals surface area (Å²) in [4.78, 5) is 0. The van der Waals surface area contributed by atoms with Crippen molar-refractivity contribution in [2.75, 3.05) is 0 Å². The van der Waals surface area contributed by atoms with Gasteiger partial charge in [0.2, 0.25) is 0 Å². The normalized spacial score (nSPS) is 12.7. The van der Waals surface area contributed by atoms with Crippen molar-refractivity contribution >= 4 is 35.4 Å². The maximum absolute atomic E-state index is 10.1. The van der Waals surface area contributed by atoms with Gasteiger partial charge in [0.1, 0.15) is 0 Å². The number of hydrogen-bond donors (Lipinski definition) is 2. The Morgan fingerprint density at radius 1 is 1.12 bits per heavy atom. The molecule has 0 heterocycles. The van der Waals surface area contributed by atoms with Crippen molar-refractivity contribution in [1.29, 1.82) is 0 Å². The number of aromatic hydroxyl groups is 2. The molecule has 0 fully saturated rings. The quantitative estimate of drug-likeness (QED) is 0.367. The molecule has 0 aromatic heterocycles. The number of hydrogen-bond acceptors (Lipinski definition) is 3. The van der Waals surface area contributed by atoms with Crippen LogP contribution in [0.4, 0.5) is 0 Å². The summed E-state index contributed by atoms with van der Waals surface area (Å²) in [5.41, 5.74) is 5.35. The minimum atomic E-state index is -0.103. The van der Waals surface area contributed by atoms with Crippen LogP contribution in [0.2, 0.25) is 6.32 Å². The van der Waals surface area contributed by atoms with Crippen LogP contribution in [0.15, 0.2) is 36.4 Å². The molecule has 0 amide bonds. The maximum atomic E-state index is 10.1. The fourth-order valence-electron chi connectivity index (χ4n) is 2.89. The molecule has 132 valence electrons. The summed E-state index contributed by atoms with van der Waals surface area (Å²) in [6.07, 6.45) is 2.54. The van der Waals surface area contributed by atoms with Crippen LogP contribution in [0.1, 0.15) is 43.0 Å². The zero-order valence-electron chi connectivity index (χ0n) is 14.9. The van der Waals surface area contributed by atoms with E-state index in [2.05, 4.69) is 45.0 Å². The number of benzene rings is 2. The van der Waals surface area contributed by atoms with Gasteiger partial charge in [-0.15, -0.1) is 0 Å². The Morgan fingerprint density at radius 3 is 2.32 bits per heavy atom. The molecule has 1 unspecified atom stereocenters. The van der Waals surface area contributed by atoms with Crippen molar-refractivity contribution in [3.05, 3.63) is 58.7 Å². The van der Waals surface area contributed by atoms with Crippen molar-refractivity contribution in [2.24, 2.45) is 0 Å². The van der Waals surface area contributed by atoms with Crippen molar-refractivity contribution in [2.45, 2.75) is 46.0 Å².